The zero-order chi connectivity index (χ0) is 25.7. The van der Waals surface area contributed by atoms with E-state index in [0.29, 0.717) is 19.8 Å². The van der Waals surface area contributed by atoms with E-state index in [1.54, 1.807) is 18.2 Å². The van der Waals surface area contributed by atoms with Crippen molar-refractivity contribution in [1.82, 2.24) is 0 Å². The van der Waals surface area contributed by atoms with Crippen LogP contribution >= 0.6 is 15.9 Å². The van der Waals surface area contributed by atoms with E-state index in [1.165, 1.54) is 43.5 Å². The Kier molecular flexibility index (Phi) is 17.3. The van der Waals surface area contributed by atoms with Crippen LogP contribution in [0.3, 0.4) is 0 Å². The molecule has 0 bridgehead atoms. The molecule has 11 heteroatoms. The van der Waals surface area contributed by atoms with Gasteiger partial charge in [-0.25, -0.2) is 0 Å². The van der Waals surface area contributed by atoms with E-state index in [-0.39, 0.29) is 31.2 Å². The number of aliphatic hydroxyl groups excluding tert-OH is 1. The number of hydrogen-bond donors (Lipinski definition) is 1. The summed E-state index contributed by atoms with van der Waals surface area (Å²) < 4.78 is 15.9. The van der Waals surface area contributed by atoms with Crippen LogP contribution in [-0.2, 0) is 27.4 Å². The second-order valence-corrected chi connectivity index (χ2v) is 8.19. The van der Waals surface area contributed by atoms with Gasteiger partial charge in [-0.05, 0) is 24.0 Å². The fraction of sp³-hybridized carbons (Fsp3) is 0.500. The summed E-state index contributed by atoms with van der Waals surface area (Å²) in [5.41, 5.74) is 1.68. The highest BCUT2D eigenvalue weighted by Crippen LogP contribution is 2.14. The molecule has 0 aromatic heterocycles. The third-order valence-corrected chi connectivity index (χ3v) is 5.12. The summed E-state index contributed by atoms with van der Waals surface area (Å²) in [6, 6.07) is 12.7. The van der Waals surface area contributed by atoms with Gasteiger partial charge in [-0.15, -0.1) is 0 Å². The molecule has 0 atom stereocenters. The van der Waals surface area contributed by atoms with Gasteiger partial charge in [0, 0.05) is 36.2 Å². The molecule has 0 heterocycles. The normalized spacial score (nSPS) is 10.5. The monoisotopic (exact) mass is 556 g/mol. The van der Waals surface area contributed by atoms with Gasteiger partial charge in [0.2, 0.25) is 0 Å². The first kappa shape index (κ1) is 30.6. The summed E-state index contributed by atoms with van der Waals surface area (Å²) in [6.07, 6.45) is 4.72. The Morgan fingerprint density at radius 2 is 1.23 bits per heavy atom. The molecule has 2 rings (SSSR count). The lowest BCUT2D eigenvalue weighted by Gasteiger charge is -2.06. The zero-order valence-electron chi connectivity index (χ0n) is 19.7. The number of nitro benzene ring substituents is 2. The molecule has 0 aliphatic carbocycles. The van der Waals surface area contributed by atoms with Crippen LogP contribution in [0.25, 0.3) is 0 Å². The number of benzene rings is 2. The summed E-state index contributed by atoms with van der Waals surface area (Å²) in [7, 11) is 0. The van der Waals surface area contributed by atoms with Gasteiger partial charge in [0.05, 0.1) is 49.5 Å². The van der Waals surface area contributed by atoms with E-state index in [2.05, 4.69) is 15.9 Å². The average molecular weight is 557 g/mol. The van der Waals surface area contributed by atoms with Crippen LogP contribution in [-0.4, -0.2) is 53.3 Å². The maximum atomic E-state index is 10.6. The number of nitro groups is 2. The number of non-ortho nitro benzene ring substituents is 2. The van der Waals surface area contributed by atoms with Crippen molar-refractivity contribution in [3.05, 3.63) is 79.9 Å². The maximum Gasteiger partial charge on any atom is 0.269 e. The summed E-state index contributed by atoms with van der Waals surface area (Å²) in [4.78, 5) is 20.2. The summed E-state index contributed by atoms with van der Waals surface area (Å²) in [6.45, 7) is 2.68. The van der Waals surface area contributed by atoms with Gasteiger partial charge in [-0.2, -0.15) is 0 Å². The predicted octanol–water partition coefficient (Wildman–Crippen LogP) is 5.19. The Balaban J connectivity index is 0.000000379. The van der Waals surface area contributed by atoms with E-state index in [9.17, 15) is 20.2 Å². The van der Waals surface area contributed by atoms with Gasteiger partial charge in [0.1, 0.15) is 0 Å². The number of aliphatic hydroxyl groups is 1. The molecule has 1 N–H and O–H groups in total. The second kappa shape index (κ2) is 19.8. The number of rotatable bonds is 17. The quantitative estimate of drug-likeness (QED) is 0.122. The smallest absolute Gasteiger partial charge is 0.269 e. The third-order valence-electron chi connectivity index (χ3n) is 4.56. The lowest BCUT2D eigenvalue weighted by molar-refractivity contribution is -0.385. The summed E-state index contributed by atoms with van der Waals surface area (Å²) in [5, 5.41) is 30.6. The molecule has 0 saturated carbocycles. The molecule has 0 radical (unpaired) electrons. The minimum Gasteiger partial charge on any atom is -0.394 e. The van der Waals surface area contributed by atoms with Gasteiger partial charge in [0.25, 0.3) is 11.4 Å². The number of nitrogens with zero attached hydrogens (tertiary/aromatic N) is 2. The number of hydrogen-bond acceptors (Lipinski definition) is 8. The zero-order valence-corrected chi connectivity index (χ0v) is 21.3. The largest absolute Gasteiger partial charge is 0.394 e. The van der Waals surface area contributed by atoms with Crippen LogP contribution < -0.4 is 0 Å². The molecule has 0 amide bonds. The lowest BCUT2D eigenvalue weighted by Crippen LogP contribution is -2.05. The van der Waals surface area contributed by atoms with E-state index in [1.807, 2.05) is 6.07 Å². The predicted molar refractivity (Wildman–Crippen MR) is 136 cm³/mol. The maximum absolute atomic E-state index is 10.6. The minimum absolute atomic E-state index is 0.0467. The van der Waals surface area contributed by atoms with E-state index >= 15 is 0 Å². The molecule has 10 nitrogen and oxygen atoms in total. The minimum atomic E-state index is -0.449. The van der Waals surface area contributed by atoms with Crippen LogP contribution in [0, 0.1) is 20.2 Å². The van der Waals surface area contributed by atoms with Crippen LogP contribution in [0.4, 0.5) is 11.4 Å². The van der Waals surface area contributed by atoms with Crippen molar-refractivity contribution >= 4 is 27.3 Å². The Bertz CT molecular complexity index is 869. The number of halogens is 1. The highest BCUT2D eigenvalue weighted by molar-refractivity contribution is 9.09. The molecule has 2 aromatic carbocycles. The lowest BCUT2D eigenvalue weighted by atomic mass is 10.2. The van der Waals surface area contributed by atoms with E-state index < -0.39 is 9.85 Å². The molecule has 0 saturated heterocycles. The Morgan fingerprint density at radius 1 is 0.714 bits per heavy atom. The number of alkyl halides is 1. The van der Waals surface area contributed by atoms with Crippen molar-refractivity contribution in [2.75, 3.05) is 38.4 Å². The SMILES string of the molecule is O=[N+]([O-])c1cccc(COCCO)c1.O=[N+]([O-])c1cccc(COCCOCCCCCCBr)c1. The van der Waals surface area contributed by atoms with Crippen molar-refractivity contribution in [3.8, 4) is 0 Å². The van der Waals surface area contributed by atoms with Crippen molar-refractivity contribution in [1.29, 1.82) is 0 Å². The standard InChI is InChI=1S/C15H22BrNO4.C9H11NO4/c16-8-3-1-2-4-9-20-10-11-21-13-14-6-5-7-15(12-14)17(18)19;11-4-5-14-7-8-2-1-3-9(6-8)10(12)13/h5-7,12H,1-4,8-11,13H2;1-3,6,11H,4-5,7H2. The van der Waals surface area contributed by atoms with E-state index in [0.717, 1.165) is 29.5 Å². The number of ether oxygens (including phenoxy) is 3. The van der Waals surface area contributed by atoms with Crippen molar-refractivity contribution < 1.29 is 29.2 Å². The van der Waals surface area contributed by atoms with Gasteiger partial charge in [-0.1, -0.05) is 53.0 Å². The highest BCUT2D eigenvalue weighted by Gasteiger charge is 2.06. The van der Waals surface area contributed by atoms with Gasteiger partial charge in [0.15, 0.2) is 0 Å². The molecule has 0 aliphatic rings. The molecule has 0 unspecified atom stereocenters. The van der Waals surface area contributed by atoms with Crippen LogP contribution in [0.1, 0.15) is 36.8 Å². The molecule has 2 aromatic rings. The van der Waals surface area contributed by atoms with Crippen LogP contribution in [0.15, 0.2) is 48.5 Å². The van der Waals surface area contributed by atoms with Crippen LogP contribution in [0.5, 0.6) is 0 Å². The van der Waals surface area contributed by atoms with Crippen molar-refractivity contribution in [2.45, 2.75) is 38.9 Å². The van der Waals surface area contributed by atoms with Crippen molar-refractivity contribution in [2.24, 2.45) is 0 Å². The first-order valence-corrected chi connectivity index (χ1v) is 12.5. The fourth-order valence-corrected chi connectivity index (χ4v) is 3.23. The molecule has 0 aliphatic heterocycles. The first-order chi connectivity index (χ1) is 17.0. The molecule has 194 valence electrons. The second-order valence-electron chi connectivity index (χ2n) is 7.40. The van der Waals surface area contributed by atoms with Gasteiger partial charge < -0.3 is 19.3 Å². The summed E-state index contributed by atoms with van der Waals surface area (Å²) >= 11 is 3.41. The van der Waals surface area contributed by atoms with Crippen molar-refractivity contribution in [3.63, 3.8) is 0 Å². The average Bonchev–Trinajstić information content (AvgIpc) is 2.86. The van der Waals surface area contributed by atoms with Crippen LogP contribution in [0.2, 0.25) is 0 Å². The van der Waals surface area contributed by atoms with E-state index in [4.69, 9.17) is 19.3 Å². The van der Waals surface area contributed by atoms with Gasteiger partial charge in [-0.3, -0.25) is 20.2 Å². The molecular weight excluding hydrogens is 524 g/mol. The molecular formula is C24H33BrN2O8. The third kappa shape index (κ3) is 15.2. The molecule has 0 fully saturated rings. The Hall–Kier alpha value is -2.44. The number of unbranched alkanes of at least 4 members (excludes halogenated alkanes) is 3. The topological polar surface area (TPSA) is 134 Å². The summed E-state index contributed by atoms with van der Waals surface area (Å²) in [5.74, 6) is 0. The Morgan fingerprint density at radius 3 is 1.74 bits per heavy atom. The molecule has 0 spiro atoms. The molecule has 35 heavy (non-hydrogen) atoms. The highest BCUT2D eigenvalue weighted by atomic mass is 79.9. The fourth-order valence-electron chi connectivity index (χ4n) is 2.84. The van der Waals surface area contributed by atoms with Gasteiger partial charge >= 0.3 is 0 Å². The Labute approximate surface area is 213 Å². The first-order valence-electron chi connectivity index (χ1n) is 11.3.